The van der Waals surface area contributed by atoms with E-state index in [9.17, 15) is 0 Å². The van der Waals surface area contributed by atoms with Gasteiger partial charge in [0, 0.05) is 19.1 Å². The molecule has 1 heterocycles. The molecule has 0 aliphatic carbocycles. The van der Waals surface area contributed by atoms with E-state index in [-0.39, 0.29) is 12.4 Å². The quantitative estimate of drug-likeness (QED) is 0.924. The SMILES string of the molecule is COc1cc(CN2CC(CN)CC2C)ccc1C.Cl. The van der Waals surface area contributed by atoms with Gasteiger partial charge in [0.15, 0.2) is 0 Å². The van der Waals surface area contributed by atoms with E-state index in [2.05, 4.69) is 36.9 Å². The topological polar surface area (TPSA) is 38.5 Å². The van der Waals surface area contributed by atoms with Crippen molar-refractivity contribution in [2.45, 2.75) is 32.9 Å². The maximum absolute atomic E-state index is 5.77. The van der Waals surface area contributed by atoms with E-state index in [1.165, 1.54) is 17.5 Å². The van der Waals surface area contributed by atoms with Gasteiger partial charge < -0.3 is 10.5 Å². The fourth-order valence-corrected chi connectivity index (χ4v) is 2.81. The van der Waals surface area contributed by atoms with Gasteiger partial charge in [-0.05, 0) is 49.9 Å². The van der Waals surface area contributed by atoms with Crippen LogP contribution < -0.4 is 10.5 Å². The van der Waals surface area contributed by atoms with Gasteiger partial charge >= 0.3 is 0 Å². The summed E-state index contributed by atoms with van der Waals surface area (Å²) in [5.41, 5.74) is 8.28. The van der Waals surface area contributed by atoms with Crippen LogP contribution >= 0.6 is 12.4 Å². The van der Waals surface area contributed by atoms with Crippen molar-refractivity contribution in [2.75, 3.05) is 20.2 Å². The lowest BCUT2D eigenvalue weighted by Crippen LogP contribution is -2.27. The van der Waals surface area contributed by atoms with E-state index in [1.54, 1.807) is 7.11 Å². The molecule has 4 heteroatoms. The van der Waals surface area contributed by atoms with Crippen LogP contribution in [0, 0.1) is 12.8 Å². The Morgan fingerprint density at radius 3 is 2.74 bits per heavy atom. The van der Waals surface area contributed by atoms with E-state index in [0.717, 1.165) is 25.4 Å². The Morgan fingerprint density at radius 1 is 1.42 bits per heavy atom. The summed E-state index contributed by atoms with van der Waals surface area (Å²) in [6.45, 7) is 7.28. The minimum Gasteiger partial charge on any atom is -0.496 e. The second-order valence-corrected chi connectivity index (χ2v) is 5.42. The van der Waals surface area contributed by atoms with Crippen molar-refractivity contribution >= 4 is 12.4 Å². The maximum Gasteiger partial charge on any atom is 0.122 e. The molecule has 1 aliphatic heterocycles. The summed E-state index contributed by atoms with van der Waals surface area (Å²) in [6.07, 6.45) is 1.22. The number of benzene rings is 1. The van der Waals surface area contributed by atoms with Crippen LogP contribution in [0.25, 0.3) is 0 Å². The van der Waals surface area contributed by atoms with Gasteiger partial charge in [0.05, 0.1) is 7.11 Å². The molecule has 2 unspecified atom stereocenters. The fraction of sp³-hybridized carbons (Fsp3) is 0.600. The highest BCUT2D eigenvalue weighted by molar-refractivity contribution is 5.85. The van der Waals surface area contributed by atoms with Crippen molar-refractivity contribution < 1.29 is 4.74 Å². The van der Waals surface area contributed by atoms with Gasteiger partial charge in [-0.2, -0.15) is 0 Å². The molecule has 1 aliphatic rings. The Hall–Kier alpha value is -0.770. The molecular weight excluding hydrogens is 260 g/mol. The number of halogens is 1. The van der Waals surface area contributed by atoms with Crippen molar-refractivity contribution in [3.63, 3.8) is 0 Å². The van der Waals surface area contributed by atoms with Crippen molar-refractivity contribution in [3.05, 3.63) is 29.3 Å². The first-order valence-corrected chi connectivity index (χ1v) is 6.71. The van der Waals surface area contributed by atoms with Crippen LogP contribution in [-0.2, 0) is 6.54 Å². The largest absolute Gasteiger partial charge is 0.496 e. The van der Waals surface area contributed by atoms with Gasteiger partial charge in [-0.25, -0.2) is 0 Å². The highest BCUT2D eigenvalue weighted by Gasteiger charge is 2.27. The van der Waals surface area contributed by atoms with Crippen LogP contribution in [0.15, 0.2) is 18.2 Å². The Balaban J connectivity index is 0.00000180. The summed E-state index contributed by atoms with van der Waals surface area (Å²) in [5.74, 6) is 1.64. The zero-order chi connectivity index (χ0) is 13.1. The third kappa shape index (κ3) is 3.85. The standard InChI is InChI=1S/C15H24N2O.ClH/c1-11-4-5-13(7-15(11)18-3)9-17-10-14(8-16)6-12(17)2;/h4-5,7,12,14H,6,8-10,16H2,1-3H3;1H. The molecule has 2 N–H and O–H groups in total. The molecule has 0 aromatic heterocycles. The highest BCUT2D eigenvalue weighted by Crippen LogP contribution is 2.26. The smallest absolute Gasteiger partial charge is 0.122 e. The van der Waals surface area contributed by atoms with Gasteiger partial charge in [0.2, 0.25) is 0 Å². The molecule has 0 spiro atoms. The van der Waals surface area contributed by atoms with Crippen LogP contribution in [0.4, 0.5) is 0 Å². The third-order valence-electron chi connectivity index (χ3n) is 3.98. The van der Waals surface area contributed by atoms with E-state index in [0.29, 0.717) is 12.0 Å². The predicted octanol–water partition coefficient (Wildman–Crippen LogP) is 2.59. The Kier molecular flexibility index (Phi) is 6.11. The monoisotopic (exact) mass is 284 g/mol. The first-order chi connectivity index (χ1) is 8.63. The first-order valence-electron chi connectivity index (χ1n) is 6.71. The van der Waals surface area contributed by atoms with Crippen LogP contribution in [-0.4, -0.2) is 31.1 Å². The lowest BCUT2D eigenvalue weighted by atomic mass is 10.1. The van der Waals surface area contributed by atoms with Gasteiger partial charge in [-0.15, -0.1) is 12.4 Å². The molecule has 2 atom stereocenters. The number of nitrogens with zero attached hydrogens (tertiary/aromatic N) is 1. The molecular formula is C15H25ClN2O. The van der Waals surface area contributed by atoms with Crippen LogP contribution in [0.5, 0.6) is 5.75 Å². The summed E-state index contributed by atoms with van der Waals surface area (Å²) >= 11 is 0. The summed E-state index contributed by atoms with van der Waals surface area (Å²) in [4.78, 5) is 2.52. The van der Waals surface area contributed by atoms with Crippen molar-refractivity contribution in [2.24, 2.45) is 11.7 Å². The van der Waals surface area contributed by atoms with E-state index >= 15 is 0 Å². The number of ether oxygens (including phenoxy) is 1. The molecule has 0 radical (unpaired) electrons. The maximum atomic E-state index is 5.77. The summed E-state index contributed by atoms with van der Waals surface area (Å²) in [6, 6.07) is 7.11. The molecule has 1 fully saturated rings. The van der Waals surface area contributed by atoms with E-state index in [4.69, 9.17) is 10.5 Å². The second-order valence-electron chi connectivity index (χ2n) is 5.42. The van der Waals surface area contributed by atoms with Crippen LogP contribution in [0.3, 0.4) is 0 Å². The van der Waals surface area contributed by atoms with E-state index in [1.807, 2.05) is 0 Å². The molecule has 1 aromatic rings. The lowest BCUT2D eigenvalue weighted by Gasteiger charge is -2.21. The van der Waals surface area contributed by atoms with E-state index < -0.39 is 0 Å². The zero-order valence-corrected chi connectivity index (χ0v) is 12.9. The minimum absolute atomic E-state index is 0. The number of methoxy groups -OCH3 is 1. The molecule has 19 heavy (non-hydrogen) atoms. The fourth-order valence-electron chi connectivity index (χ4n) is 2.81. The number of hydrogen-bond acceptors (Lipinski definition) is 3. The van der Waals surface area contributed by atoms with Gasteiger partial charge in [-0.3, -0.25) is 4.90 Å². The predicted molar refractivity (Wildman–Crippen MR) is 82.0 cm³/mol. The summed E-state index contributed by atoms with van der Waals surface area (Å²) in [7, 11) is 1.73. The van der Waals surface area contributed by atoms with Crippen LogP contribution in [0.2, 0.25) is 0 Å². The van der Waals surface area contributed by atoms with Gasteiger partial charge in [-0.1, -0.05) is 12.1 Å². The lowest BCUT2D eigenvalue weighted by molar-refractivity contribution is 0.255. The average molecular weight is 285 g/mol. The van der Waals surface area contributed by atoms with Crippen molar-refractivity contribution in [3.8, 4) is 5.75 Å². The first kappa shape index (κ1) is 16.3. The third-order valence-corrected chi connectivity index (χ3v) is 3.98. The number of nitrogens with two attached hydrogens (primary N) is 1. The van der Waals surface area contributed by atoms with Crippen molar-refractivity contribution in [1.82, 2.24) is 4.90 Å². The Bertz CT molecular complexity index is 411. The highest BCUT2D eigenvalue weighted by atomic mass is 35.5. The molecule has 3 nitrogen and oxygen atoms in total. The number of likely N-dealkylation sites (tertiary alicyclic amines) is 1. The van der Waals surface area contributed by atoms with Crippen LogP contribution in [0.1, 0.15) is 24.5 Å². The Morgan fingerprint density at radius 2 is 2.16 bits per heavy atom. The number of rotatable bonds is 4. The summed E-state index contributed by atoms with van der Waals surface area (Å²) in [5, 5.41) is 0. The summed E-state index contributed by atoms with van der Waals surface area (Å²) < 4.78 is 5.38. The van der Waals surface area contributed by atoms with Gasteiger partial charge in [0.1, 0.15) is 5.75 Å². The minimum atomic E-state index is 0. The normalized spacial score (nSPS) is 23.2. The number of aryl methyl sites for hydroxylation is 1. The second kappa shape index (κ2) is 7.13. The van der Waals surface area contributed by atoms with Crippen molar-refractivity contribution in [1.29, 1.82) is 0 Å². The molecule has 0 saturated carbocycles. The van der Waals surface area contributed by atoms with Gasteiger partial charge in [0.25, 0.3) is 0 Å². The molecule has 108 valence electrons. The Labute approximate surface area is 122 Å². The average Bonchev–Trinajstić information content (AvgIpc) is 2.72. The molecule has 1 aromatic carbocycles. The number of hydrogen-bond donors (Lipinski definition) is 1. The molecule has 2 rings (SSSR count). The zero-order valence-electron chi connectivity index (χ0n) is 12.1. The molecule has 0 bridgehead atoms. The molecule has 0 amide bonds. The molecule has 1 saturated heterocycles.